The van der Waals surface area contributed by atoms with Gasteiger partial charge in [-0.15, -0.1) is 0 Å². The second-order valence-electron chi connectivity index (χ2n) is 5.48. The molecule has 0 aliphatic heterocycles. The van der Waals surface area contributed by atoms with Gasteiger partial charge in [-0.1, -0.05) is 30.9 Å². The van der Waals surface area contributed by atoms with Crippen molar-refractivity contribution in [3.63, 3.8) is 0 Å². The number of nitrogen functional groups attached to an aromatic ring is 1. The first-order valence-corrected chi connectivity index (χ1v) is 7.99. The number of amides is 1. The summed E-state index contributed by atoms with van der Waals surface area (Å²) in [7, 11) is 0. The Bertz CT molecular complexity index is 473. The highest BCUT2D eigenvalue weighted by molar-refractivity contribution is 6.33. The number of carbonyl (C=O) groups is 1. The molecule has 1 aromatic carbocycles. The van der Waals surface area contributed by atoms with Crippen molar-refractivity contribution >= 4 is 23.2 Å². The average Bonchev–Trinajstić information content (AvgIpc) is 2.50. The average molecular weight is 311 g/mol. The maximum absolute atomic E-state index is 11.9. The van der Waals surface area contributed by atoms with Crippen LogP contribution in [0.1, 0.15) is 48.9 Å². The van der Waals surface area contributed by atoms with Crippen molar-refractivity contribution in [1.29, 1.82) is 0 Å². The quantitative estimate of drug-likeness (QED) is 0.625. The van der Waals surface area contributed by atoms with E-state index in [2.05, 4.69) is 5.32 Å². The lowest BCUT2D eigenvalue weighted by molar-refractivity contribution is 0.0273. The van der Waals surface area contributed by atoms with Crippen LogP contribution in [0.15, 0.2) is 18.2 Å². The van der Waals surface area contributed by atoms with Crippen LogP contribution in [0.4, 0.5) is 5.69 Å². The Balaban J connectivity index is 1.63. The van der Waals surface area contributed by atoms with Gasteiger partial charge in [-0.3, -0.25) is 4.79 Å². The Morgan fingerprint density at radius 1 is 1.33 bits per heavy atom. The van der Waals surface area contributed by atoms with E-state index < -0.39 is 0 Å². The number of hydrogen-bond donors (Lipinski definition) is 2. The molecule has 1 aromatic rings. The maximum atomic E-state index is 11.9. The summed E-state index contributed by atoms with van der Waals surface area (Å²) in [4.78, 5) is 11.9. The second-order valence-corrected chi connectivity index (χ2v) is 5.88. The van der Waals surface area contributed by atoms with Gasteiger partial charge in [0, 0.05) is 18.7 Å². The van der Waals surface area contributed by atoms with Gasteiger partial charge in [0.1, 0.15) is 0 Å². The van der Waals surface area contributed by atoms with Crippen molar-refractivity contribution in [1.82, 2.24) is 5.32 Å². The first-order chi connectivity index (χ1) is 10.2. The molecule has 0 heterocycles. The van der Waals surface area contributed by atoms with Crippen LogP contribution in [-0.2, 0) is 4.74 Å². The molecule has 0 atom stereocenters. The molecule has 3 N–H and O–H groups in total. The number of anilines is 1. The number of carbonyl (C=O) groups excluding carboxylic acids is 1. The van der Waals surface area contributed by atoms with Crippen molar-refractivity contribution in [2.45, 2.75) is 44.6 Å². The first kappa shape index (κ1) is 16.1. The number of nitrogens with two attached hydrogens (primary N) is 1. The van der Waals surface area contributed by atoms with Crippen molar-refractivity contribution in [2.24, 2.45) is 0 Å². The van der Waals surface area contributed by atoms with Gasteiger partial charge in [0.2, 0.25) is 0 Å². The van der Waals surface area contributed by atoms with Crippen LogP contribution in [0.5, 0.6) is 0 Å². The van der Waals surface area contributed by atoms with Gasteiger partial charge in [-0.05, 0) is 37.5 Å². The number of ether oxygens (including phenoxy) is 1. The summed E-state index contributed by atoms with van der Waals surface area (Å²) in [6, 6.07) is 4.91. The molecule has 116 valence electrons. The SMILES string of the molecule is Nc1ccc(C(=O)NCCCOC2CCCCC2)cc1Cl. The normalized spacial score (nSPS) is 15.9. The number of benzene rings is 1. The summed E-state index contributed by atoms with van der Waals surface area (Å²) in [6.45, 7) is 1.31. The van der Waals surface area contributed by atoms with E-state index in [1.165, 1.54) is 32.1 Å². The number of hydrogen-bond acceptors (Lipinski definition) is 3. The van der Waals surface area contributed by atoms with E-state index in [-0.39, 0.29) is 5.91 Å². The summed E-state index contributed by atoms with van der Waals surface area (Å²) in [5.41, 5.74) is 6.63. The predicted molar refractivity (Wildman–Crippen MR) is 85.6 cm³/mol. The molecule has 1 fully saturated rings. The fourth-order valence-electron chi connectivity index (χ4n) is 2.53. The van der Waals surface area contributed by atoms with Crippen LogP contribution in [0.3, 0.4) is 0 Å². The lowest BCUT2D eigenvalue weighted by Crippen LogP contribution is -2.26. The van der Waals surface area contributed by atoms with E-state index >= 15 is 0 Å². The highest BCUT2D eigenvalue weighted by Gasteiger charge is 2.13. The molecule has 0 aromatic heterocycles. The highest BCUT2D eigenvalue weighted by atomic mass is 35.5. The summed E-state index contributed by atoms with van der Waals surface area (Å²) in [5.74, 6) is -0.130. The molecule has 1 aliphatic carbocycles. The van der Waals surface area contributed by atoms with Gasteiger partial charge in [0.25, 0.3) is 5.91 Å². The Morgan fingerprint density at radius 2 is 2.10 bits per heavy atom. The Kier molecular flexibility index (Phi) is 6.33. The van der Waals surface area contributed by atoms with Crippen LogP contribution in [0.2, 0.25) is 5.02 Å². The number of halogens is 1. The Labute approximate surface area is 131 Å². The summed E-state index contributed by atoms with van der Waals surface area (Å²) < 4.78 is 5.82. The zero-order valence-corrected chi connectivity index (χ0v) is 13.0. The number of nitrogens with one attached hydrogen (secondary N) is 1. The molecule has 0 spiro atoms. The third-order valence-corrected chi connectivity index (χ3v) is 4.10. The molecule has 21 heavy (non-hydrogen) atoms. The molecule has 4 nitrogen and oxygen atoms in total. The van der Waals surface area contributed by atoms with Gasteiger partial charge in [0.05, 0.1) is 16.8 Å². The fraction of sp³-hybridized carbons (Fsp3) is 0.562. The molecule has 1 amide bonds. The predicted octanol–water partition coefficient (Wildman–Crippen LogP) is 3.39. The van der Waals surface area contributed by atoms with Gasteiger partial charge in [-0.2, -0.15) is 0 Å². The first-order valence-electron chi connectivity index (χ1n) is 7.61. The topological polar surface area (TPSA) is 64.4 Å². The molecule has 0 unspecified atom stereocenters. The van der Waals surface area contributed by atoms with Crippen LogP contribution < -0.4 is 11.1 Å². The fourth-order valence-corrected chi connectivity index (χ4v) is 2.71. The minimum absolute atomic E-state index is 0.130. The van der Waals surface area contributed by atoms with E-state index in [4.69, 9.17) is 22.1 Å². The summed E-state index contributed by atoms with van der Waals surface area (Å²) >= 11 is 5.90. The monoisotopic (exact) mass is 310 g/mol. The zero-order valence-electron chi connectivity index (χ0n) is 12.2. The molecule has 0 radical (unpaired) electrons. The molecule has 0 bridgehead atoms. The van der Waals surface area contributed by atoms with Gasteiger partial charge < -0.3 is 15.8 Å². The summed E-state index contributed by atoms with van der Waals surface area (Å²) in [5, 5.41) is 3.27. The van der Waals surface area contributed by atoms with Crippen LogP contribution in [0.25, 0.3) is 0 Å². The standard InChI is InChI=1S/C16H23ClN2O2/c17-14-11-12(7-8-15(14)18)16(20)19-9-4-10-21-13-5-2-1-3-6-13/h7-8,11,13H,1-6,9-10,18H2,(H,19,20). The molecular formula is C16H23ClN2O2. The van der Waals surface area contributed by atoms with Crippen molar-refractivity contribution < 1.29 is 9.53 Å². The minimum atomic E-state index is -0.130. The third kappa shape index (κ3) is 5.21. The van der Waals surface area contributed by atoms with Crippen LogP contribution in [0, 0.1) is 0 Å². The smallest absolute Gasteiger partial charge is 0.251 e. The van der Waals surface area contributed by atoms with E-state index in [0.717, 1.165) is 6.42 Å². The van der Waals surface area contributed by atoms with Gasteiger partial charge in [0.15, 0.2) is 0 Å². The Hall–Kier alpha value is -1.26. The molecule has 1 saturated carbocycles. The largest absolute Gasteiger partial charge is 0.398 e. The third-order valence-electron chi connectivity index (χ3n) is 3.78. The van der Waals surface area contributed by atoms with Crippen molar-refractivity contribution in [3.8, 4) is 0 Å². The number of rotatable bonds is 6. The van der Waals surface area contributed by atoms with Gasteiger partial charge in [-0.25, -0.2) is 0 Å². The Morgan fingerprint density at radius 3 is 2.81 bits per heavy atom. The minimum Gasteiger partial charge on any atom is -0.398 e. The van der Waals surface area contributed by atoms with Crippen molar-refractivity contribution in [3.05, 3.63) is 28.8 Å². The lowest BCUT2D eigenvalue weighted by Gasteiger charge is -2.21. The van der Waals surface area contributed by atoms with Gasteiger partial charge >= 0.3 is 0 Å². The van der Waals surface area contributed by atoms with E-state index in [9.17, 15) is 4.79 Å². The molecule has 5 heteroatoms. The summed E-state index contributed by atoms with van der Waals surface area (Å²) in [6.07, 6.45) is 7.49. The van der Waals surface area contributed by atoms with E-state index in [0.29, 0.717) is 35.5 Å². The lowest BCUT2D eigenvalue weighted by atomic mass is 9.98. The second kappa shape index (κ2) is 8.25. The molecule has 2 rings (SSSR count). The highest BCUT2D eigenvalue weighted by Crippen LogP contribution is 2.20. The molecular weight excluding hydrogens is 288 g/mol. The molecule has 0 saturated heterocycles. The van der Waals surface area contributed by atoms with E-state index in [1.54, 1.807) is 18.2 Å². The van der Waals surface area contributed by atoms with Crippen LogP contribution >= 0.6 is 11.6 Å². The molecule has 1 aliphatic rings. The zero-order chi connectivity index (χ0) is 15.1. The van der Waals surface area contributed by atoms with Crippen molar-refractivity contribution in [2.75, 3.05) is 18.9 Å². The van der Waals surface area contributed by atoms with Crippen LogP contribution in [-0.4, -0.2) is 25.2 Å². The van der Waals surface area contributed by atoms with E-state index in [1.807, 2.05) is 0 Å². The maximum Gasteiger partial charge on any atom is 0.251 e.